The topological polar surface area (TPSA) is 63.6 Å². The van der Waals surface area contributed by atoms with E-state index in [2.05, 4.69) is 20.7 Å². The van der Waals surface area contributed by atoms with E-state index < -0.39 is 13.3 Å². The van der Waals surface area contributed by atoms with Crippen LogP contribution in [0.5, 0.6) is 0 Å². The molecule has 2 atom stereocenters. The molecular weight excluding hydrogens is 283 g/mol. The molecule has 4 nitrogen and oxygen atoms in total. The SMILES string of the molecule is CCOC(=O)CCP(=O)(O)CCC(C)Br. The first-order valence-corrected chi connectivity index (χ1v) is 7.92. The molecule has 2 unspecified atom stereocenters. The van der Waals surface area contributed by atoms with E-state index in [-0.39, 0.29) is 23.6 Å². The summed E-state index contributed by atoms with van der Waals surface area (Å²) in [6.45, 7) is 3.95. The Labute approximate surface area is 99.0 Å². The zero-order valence-corrected chi connectivity index (χ0v) is 11.6. The average molecular weight is 301 g/mol. The molecule has 0 rings (SSSR count). The van der Waals surface area contributed by atoms with Gasteiger partial charge in [0.15, 0.2) is 0 Å². The largest absolute Gasteiger partial charge is 0.466 e. The summed E-state index contributed by atoms with van der Waals surface area (Å²) in [5.41, 5.74) is 0. The molecule has 0 aliphatic heterocycles. The van der Waals surface area contributed by atoms with Crippen molar-refractivity contribution in [3.63, 3.8) is 0 Å². The maximum absolute atomic E-state index is 11.6. The van der Waals surface area contributed by atoms with Crippen LogP contribution in [0.2, 0.25) is 0 Å². The van der Waals surface area contributed by atoms with E-state index >= 15 is 0 Å². The summed E-state index contributed by atoms with van der Waals surface area (Å²) in [5.74, 6) is -0.404. The molecule has 0 heterocycles. The van der Waals surface area contributed by atoms with Crippen molar-refractivity contribution in [2.75, 3.05) is 18.9 Å². The maximum atomic E-state index is 11.6. The summed E-state index contributed by atoms with van der Waals surface area (Å²) < 4.78 is 16.2. The first-order chi connectivity index (χ1) is 6.87. The minimum Gasteiger partial charge on any atom is -0.466 e. The lowest BCUT2D eigenvalue weighted by molar-refractivity contribution is -0.142. The third-order valence-electron chi connectivity index (χ3n) is 1.85. The van der Waals surface area contributed by atoms with Crippen LogP contribution < -0.4 is 0 Å². The van der Waals surface area contributed by atoms with E-state index in [1.54, 1.807) is 6.92 Å². The number of esters is 1. The molecule has 6 heteroatoms. The van der Waals surface area contributed by atoms with Gasteiger partial charge in [0.2, 0.25) is 7.37 Å². The van der Waals surface area contributed by atoms with E-state index in [0.29, 0.717) is 13.0 Å². The highest BCUT2D eigenvalue weighted by molar-refractivity contribution is 9.09. The molecule has 0 fully saturated rings. The lowest BCUT2D eigenvalue weighted by Gasteiger charge is -2.11. The summed E-state index contributed by atoms with van der Waals surface area (Å²) in [6, 6.07) is 0. The van der Waals surface area contributed by atoms with Crippen LogP contribution in [0, 0.1) is 0 Å². The normalized spacial score (nSPS) is 16.8. The summed E-state index contributed by atoms with van der Waals surface area (Å²) in [7, 11) is -3.15. The Kier molecular flexibility index (Phi) is 7.49. The molecule has 0 radical (unpaired) electrons. The highest BCUT2D eigenvalue weighted by atomic mass is 79.9. The third-order valence-corrected chi connectivity index (χ3v) is 4.18. The second-order valence-corrected chi connectivity index (χ2v) is 7.57. The van der Waals surface area contributed by atoms with Gasteiger partial charge in [-0.05, 0) is 13.3 Å². The van der Waals surface area contributed by atoms with Crippen LogP contribution in [0.25, 0.3) is 0 Å². The lowest BCUT2D eigenvalue weighted by Crippen LogP contribution is -2.08. The fraction of sp³-hybridized carbons (Fsp3) is 0.889. The summed E-state index contributed by atoms with van der Waals surface area (Å²) in [5, 5.41) is 0. The summed E-state index contributed by atoms with van der Waals surface area (Å²) >= 11 is 3.31. The van der Waals surface area contributed by atoms with E-state index in [9.17, 15) is 14.3 Å². The van der Waals surface area contributed by atoms with Gasteiger partial charge in [-0.2, -0.15) is 0 Å². The average Bonchev–Trinajstić information content (AvgIpc) is 2.13. The standard InChI is InChI=1S/C9H18BrO4P/c1-3-14-9(11)5-7-15(12,13)6-4-8(2)10/h8H,3-7H2,1-2H3,(H,12,13). The first kappa shape index (κ1) is 15.1. The fourth-order valence-electron chi connectivity index (χ4n) is 0.991. The summed E-state index contributed by atoms with van der Waals surface area (Å²) in [4.78, 5) is 20.7. The van der Waals surface area contributed by atoms with Gasteiger partial charge in [-0.25, -0.2) is 0 Å². The molecule has 0 aromatic rings. The predicted octanol–water partition coefficient (Wildman–Crippen LogP) is 2.38. The maximum Gasteiger partial charge on any atom is 0.306 e. The van der Waals surface area contributed by atoms with Gasteiger partial charge in [0.25, 0.3) is 0 Å². The Balaban J connectivity index is 3.83. The van der Waals surface area contributed by atoms with Crippen LogP contribution in [0.15, 0.2) is 0 Å². The van der Waals surface area contributed by atoms with Crippen LogP contribution in [-0.4, -0.2) is 34.6 Å². The van der Waals surface area contributed by atoms with Gasteiger partial charge in [-0.1, -0.05) is 22.9 Å². The molecule has 0 aliphatic rings. The molecule has 1 N–H and O–H groups in total. The van der Waals surface area contributed by atoms with Gasteiger partial charge in [0.05, 0.1) is 13.0 Å². The van der Waals surface area contributed by atoms with Crippen molar-refractivity contribution in [2.45, 2.75) is 31.5 Å². The number of carbonyl (C=O) groups is 1. The molecule has 0 saturated heterocycles. The minimum absolute atomic E-state index is 0.0194. The van der Waals surface area contributed by atoms with Crippen molar-refractivity contribution in [2.24, 2.45) is 0 Å². The van der Waals surface area contributed by atoms with Gasteiger partial charge >= 0.3 is 5.97 Å². The number of hydrogen-bond donors (Lipinski definition) is 1. The monoisotopic (exact) mass is 300 g/mol. The number of hydrogen-bond acceptors (Lipinski definition) is 3. The second kappa shape index (κ2) is 7.42. The Bertz CT molecular complexity index is 242. The Morgan fingerprint density at radius 1 is 1.53 bits per heavy atom. The van der Waals surface area contributed by atoms with E-state index in [4.69, 9.17) is 0 Å². The molecular formula is C9H18BrO4P. The molecule has 0 aromatic carbocycles. The van der Waals surface area contributed by atoms with Crippen molar-refractivity contribution in [1.82, 2.24) is 0 Å². The van der Waals surface area contributed by atoms with Crippen molar-refractivity contribution >= 4 is 29.3 Å². The van der Waals surface area contributed by atoms with Crippen molar-refractivity contribution in [1.29, 1.82) is 0 Å². The lowest BCUT2D eigenvalue weighted by atomic mass is 10.4. The van der Waals surface area contributed by atoms with Gasteiger partial charge < -0.3 is 9.63 Å². The highest BCUT2D eigenvalue weighted by Crippen LogP contribution is 2.42. The zero-order chi connectivity index (χ0) is 11.9. The molecule has 0 spiro atoms. The van der Waals surface area contributed by atoms with Gasteiger partial charge in [-0.3, -0.25) is 9.36 Å². The van der Waals surface area contributed by atoms with Crippen LogP contribution in [0.4, 0.5) is 0 Å². The van der Waals surface area contributed by atoms with Crippen LogP contribution in [-0.2, 0) is 14.1 Å². The van der Waals surface area contributed by atoms with E-state index in [1.165, 1.54) is 0 Å². The summed E-state index contributed by atoms with van der Waals surface area (Å²) in [6.07, 6.45) is 0.930. The number of halogens is 1. The number of rotatable bonds is 7. The third kappa shape index (κ3) is 9.09. The molecule has 0 bridgehead atoms. The number of alkyl halides is 1. The molecule has 0 aliphatic carbocycles. The molecule has 0 saturated carbocycles. The smallest absolute Gasteiger partial charge is 0.306 e. The first-order valence-electron chi connectivity index (χ1n) is 4.98. The van der Waals surface area contributed by atoms with Gasteiger partial charge in [0.1, 0.15) is 0 Å². The van der Waals surface area contributed by atoms with Crippen molar-refractivity contribution < 1.29 is 19.0 Å². The number of ether oxygens (including phenoxy) is 1. The minimum atomic E-state index is -3.15. The molecule has 90 valence electrons. The van der Waals surface area contributed by atoms with Crippen LogP contribution in [0.1, 0.15) is 26.7 Å². The number of carbonyl (C=O) groups excluding carboxylic acids is 1. The molecule has 0 amide bonds. The van der Waals surface area contributed by atoms with Crippen LogP contribution in [0.3, 0.4) is 0 Å². The molecule has 15 heavy (non-hydrogen) atoms. The van der Waals surface area contributed by atoms with E-state index in [0.717, 1.165) is 0 Å². The Morgan fingerprint density at radius 3 is 2.60 bits per heavy atom. The Hall–Kier alpha value is 0.140. The second-order valence-electron chi connectivity index (χ2n) is 3.42. The van der Waals surface area contributed by atoms with E-state index in [1.807, 2.05) is 6.92 Å². The molecule has 0 aromatic heterocycles. The van der Waals surface area contributed by atoms with Crippen molar-refractivity contribution in [3.8, 4) is 0 Å². The van der Waals surface area contributed by atoms with Gasteiger partial charge in [0, 0.05) is 17.2 Å². The van der Waals surface area contributed by atoms with Gasteiger partial charge in [-0.15, -0.1) is 0 Å². The van der Waals surface area contributed by atoms with Crippen molar-refractivity contribution in [3.05, 3.63) is 0 Å². The van der Waals surface area contributed by atoms with Crippen LogP contribution >= 0.6 is 23.3 Å². The Morgan fingerprint density at radius 2 is 2.13 bits per heavy atom. The predicted molar refractivity (Wildman–Crippen MR) is 63.8 cm³/mol. The zero-order valence-electron chi connectivity index (χ0n) is 9.11. The highest BCUT2D eigenvalue weighted by Gasteiger charge is 2.20. The fourth-order valence-corrected chi connectivity index (χ4v) is 3.12. The quantitative estimate of drug-likeness (QED) is 0.445.